The van der Waals surface area contributed by atoms with Crippen LogP contribution in [0.4, 0.5) is 0 Å². The second-order valence-corrected chi connectivity index (χ2v) is 4.54. The van der Waals surface area contributed by atoms with Gasteiger partial charge >= 0.3 is 5.97 Å². The molecule has 0 N–H and O–H groups in total. The van der Waals surface area contributed by atoms with E-state index in [0.717, 1.165) is 4.21 Å². The van der Waals surface area contributed by atoms with Gasteiger partial charge in [-0.25, -0.2) is 4.79 Å². The van der Waals surface area contributed by atoms with Gasteiger partial charge < -0.3 is 9.47 Å². The Morgan fingerprint density at radius 1 is 1.47 bits per heavy atom. The third kappa shape index (κ3) is 2.15. The van der Waals surface area contributed by atoms with Crippen molar-refractivity contribution in [2.75, 3.05) is 20.5 Å². The van der Waals surface area contributed by atoms with Crippen molar-refractivity contribution in [1.82, 2.24) is 0 Å². The lowest BCUT2D eigenvalue weighted by atomic mass is 10.2. The Hall–Kier alpha value is -1.01. The molecule has 0 spiro atoms. The van der Waals surface area contributed by atoms with Crippen LogP contribution in [0.25, 0.3) is 0 Å². The Kier molecular flexibility index (Phi) is 4.16. The van der Waals surface area contributed by atoms with E-state index in [-0.39, 0.29) is 5.56 Å². The minimum absolute atomic E-state index is 0.212. The molecular weight excluding hydrogens is 236 g/mol. The van der Waals surface area contributed by atoms with Crippen LogP contribution in [0.2, 0.25) is 0 Å². The fraction of sp³-hybridized carbons (Fsp3) is 0.333. The molecule has 1 aromatic heterocycles. The van der Waals surface area contributed by atoms with Crippen molar-refractivity contribution >= 4 is 35.4 Å². The fourth-order valence-electron chi connectivity index (χ4n) is 1.10. The molecule has 0 fully saturated rings. The van der Waals surface area contributed by atoms with Gasteiger partial charge in [-0.1, -0.05) is 11.3 Å². The average Bonchev–Trinajstić information content (AvgIpc) is 2.65. The topological polar surface area (TPSA) is 52.6 Å². The summed E-state index contributed by atoms with van der Waals surface area (Å²) < 4.78 is 10.4. The number of methoxy groups -OCH3 is 2. The van der Waals surface area contributed by atoms with Crippen LogP contribution in [-0.2, 0) is 4.74 Å². The van der Waals surface area contributed by atoms with Crippen molar-refractivity contribution < 1.29 is 19.1 Å². The molecule has 15 heavy (non-hydrogen) atoms. The fourth-order valence-corrected chi connectivity index (χ4v) is 2.84. The monoisotopic (exact) mass is 246 g/mol. The quantitative estimate of drug-likeness (QED) is 0.462. The standard InChI is InChI=1S/C9H10O4S2/c1-12-7(11)6-5(4-10)9(14-3)15-8(6)13-2/h4H,1-3H3. The maximum Gasteiger partial charge on any atom is 0.343 e. The van der Waals surface area contributed by atoms with Crippen molar-refractivity contribution in [3.05, 3.63) is 11.1 Å². The summed E-state index contributed by atoms with van der Waals surface area (Å²) in [5, 5.41) is 0.410. The summed E-state index contributed by atoms with van der Waals surface area (Å²) in [7, 11) is 2.73. The summed E-state index contributed by atoms with van der Waals surface area (Å²) >= 11 is 2.66. The van der Waals surface area contributed by atoms with E-state index in [1.807, 2.05) is 6.26 Å². The van der Waals surface area contributed by atoms with Gasteiger partial charge in [0.2, 0.25) is 0 Å². The number of thioether (sulfide) groups is 1. The van der Waals surface area contributed by atoms with Crippen LogP contribution >= 0.6 is 23.1 Å². The molecule has 0 aliphatic rings. The van der Waals surface area contributed by atoms with E-state index in [1.165, 1.54) is 37.3 Å². The van der Waals surface area contributed by atoms with Gasteiger partial charge in [0.25, 0.3) is 0 Å². The normalized spacial score (nSPS) is 9.80. The molecule has 0 aromatic carbocycles. The number of hydrogen-bond acceptors (Lipinski definition) is 6. The van der Waals surface area contributed by atoms with Crippen LogP contribution in [0.1, 0.15) is 20.7 Å². The second kappa shape index (κ2) is 5.18. The van der Waals surface area contributed by atoms with E-state index in [9.17, 15) is 9.59 Å². The molecule has 6 heteroatoms. The lowest BCUT2D eigenvalue weighted by Gasteiger charge is -2.00. The number of esters is 1. The molecule has 1 aromatic rings. The van der Waals surface area contributed by atoms with Crippen molar-refractivity contribution in [2.24, 2.45) is 0 Å². The number of carbonyl (C=O) groups excluding carboxylic acids is 2. The average molecular weight is 246 g/mol. The number of hydrogen-bond donors (Lipinski definition) is 0. The first-order valence-electron chi connectivity index (χ1n) is 3.97. The van der Waals surface area contributed by atoms with E-state index in [2.05, 4.69) is 4.74 Å². The summed E-state index contributed by atoms with van der Waals surface area (Å²) in [6.07, 6.45) is 2.48. The highest BCUT2D eigenvalue weighted by molar-refractivity contribution is 8.00. The van der Waals surface area contributed by atoms with E-state index < -0.39 is 5.97 Å². The molecule has 0 unspecified atom stereocenters. The van der Waals surface area contributed by atoms with E-state index >= 15 is 0 Å². The number of aldehydes is 1. The zero-order valence-corrected chi connectivity index (χ0v) is 10.2. The molecule has 0 atom stereocenters. The highest BCUT2D eigenvalue weighted by atomic mass is 32.2. The van der Waals surface area contributed by atoms with Crippen LogP contribution in [0.5, 0.6) is 5.06 Å². The second-order valence-electron chi connectivity index (χ2n) is 2.48. The van der Waals surface area contributed by atoms with E-state index in [0.29, 0.717) is 16.9 Å². The van der Waals surface area contributed by atoms with E-state index in [4.69, 9.17) is 4.74 Å². The molecule has 0 saturated carbocycles. The number of thiophene rings is 1. The summed E-state index contributed by atoms with van der Waals surface area (Å²) in [5.41, 5.74) is 0.556. The number of rotatable bonds is 4. The Balaban J connectivity index is 3.36. The van der Waals surface area contributed by atoms with Crippen LogP contribution in [0, 0.1) is 0 Å². The van der Waals surface area contributed by atoms with Crippen molar-refractivity contribution in [3.63, 3.8) is 0 Å². The first kappa shape index (κ1) is 12.1. The maximum absolute atomic E-state index is 11.4. The summed E-state index contributed by atoms with van der Waals surface area (Å²) in [4.78, 5) is 22.3. The minimum atomic E-state index is -0.550. The highest BCUT2D eigenvalue weighted by Crippen LogP contribution is 2.39. The first-order chi connectivity index (χ1) is 7.19. The van der Waals surface area contributed by atoms with Gasteiger partial charge in [-0.05, 0) is 6.26 Å². The molecule has 0 aliphatic heterocycles. The zero-order chi connectivity index (χ0) is 11.4. The molecule has 0 bridgehead atoms. The molecule has 0 radical (unpaired) electrons. The smallest absolute Gasteiger partial charge is 0.343 e. The SMILES string of the molecule is COC(=O)c1c(OC)sc(SC)c1C=O. The maximum atomic E-state index is 11.4. The molecular formula is C9H10O4S2. The third-order valence-electron chi connectivity index (χ3n) is 1.76. The molecule has 82 valence electrons. The molecule has 0 saturated heterocycles. The molecule has 0 amide bonds. The largest absolute Gasteiger partial charge is 0.487 e. The Morgan fingerprint density at radius 3 is 2.53 bits per heavy atom. The lowest BCUT2D eigenvalue weighted by Crippen LogP contribution is -2.04. The molecule has 0 aliphatic carbocycles. The zero-order valence-electron chi connectivity index (χ0n) is 8.53. The summed E-state index contributed by atoms with van der Waals surface area (Å²) in [6, 6.07) is 0. The number of ether oxygens (including phenoxy) is 2. The van der Waals surface area contributed by atoms with Gasteiger partial charge in [0.15, 0.2) is 11.3 Å². The van der Waals surface area contributed by atoms with Gasteiger partial charge in [-0.2, -0.15) is 0 Å². The van der Waals surface area contributed by atoms with Crippen molar-refractivity contribution in [2.45, 2.75) is 4.21 Å². The summed E-state index contributed by atoms with van der Waals surface area (Å²) in [6.45, 7) is 0. The van der Waals surface area contributed by atoms with Gasteiger partial charge in [0, 0.05) is 0 Å². The summed E-state index contributed by atoms with van der Waals surface area (Å²) in [5.74, 6) is -0.550. The predicted molar refractivity (Wildman–Crippen MR) is 59.4 cm³/mol. The van der Waals surface area contributed by atoms with Crippen LogP contribution in [-0.4, -0.2) is 32.7 Å². The predicted octanol–water partition coefficient (Wildman–Crippen LogP) is 2.08. The van der Waals surface area contributed by atoms with Gasteiger partial charge in [0.1, 0.15) is 5.56 Å². The molecule has 1 rings (SSSR count). The van der Waals surface area contributed by atoms with Crippen LogP contribution in [0.3, 0.4) is 0 Å². The molecule has 4 nitrogen and oxygen atoms in total. The number of carbonyl (C=O) groups is 2. The van der Waals surface area contributed by atoms with Crippen LogP contribution in [0.15, 0.2) is 4.21 Å². The molecule has 1 heterocycles. The third-order valence-corrected chi connectivity index (χ3v) is 4.06. The lowest BCUT2D eigenvalue weighted by molar-refractivity contribution is 0.0595. The van der Waals surface area contributed by atoms with Gasteiger partial charge in [-0.3, -0.25) is 4.79 Å². The Labute approximate surface area is 95.6 Å². The Bertz CT molecular complexity index is 384. The van der Waals surface area contributed by atoms with E-state index in [1.54, 1.807) is 0 Å². The van der Waals surface area contributed by atoms with Gasteiger partial charge in [-0.15, -0.1) is 11.8 Å². The van der Waals surface area contributed by atoms with Crippen LogP contribution < -0.4 is 4.74 Å². The first-order valence-corrected chi connectivity index (χ1v) is 6.02. The Morgan fingerprint density at radius 2 is 2.13 bits per heavy atom. The van der Waals surface area contributed by atoms with Crippen molar-refractivity contribution in [3.8, 4) is 5.06 Å². The highest BCUT2D eigenvalue weighted by Gasteiger charge is 2.24. The minimum Gasteiger partial charge on any atom is -0.487 e. The van der Waals surface area contributed by atoms with Crippen molar-refractivity contribution in [1.29, 1.82) is 0 Å². The van der Waals surface area contributed by atoms with Gasteiger partial charge in [0.05, 0.1) is 24.0 Å².